The molecule has 4 nitrogen and oxygen atoms in total. The Morgan fingerprint density at radius 1 is 1.12 bits per heavy atom. The third-order valence-corrected chi connectivity index (χ3v) is 4.37. The third-order valence-electron chi connectivity index (χ3n) is 4.37. The summed E-state index contributed by atoms with van der Waals surface area (Å²) >= 11 is 0. The first-order chi connectivity index (χ1) is 11.6. The highest BCUT2D eigenvalue weighted by atomic mass is 16.2. The second kappa shape index (κ2) is 6.87. The number of carbonyl (C=O) groups is 2. The van der Waals surface area contributed by atoms with Gasteiger partial charge in [-0.2, -0.15) is 0 Å². The number of carbonyl (C=O) groups excluding carboxylic acids is 2. The van der Waals surface area contributed by atoms with Gasteiger partial charge in [-0.1, -0.05) is 54.6 Å². The second-order valence-electron chi connectivity index (χ2n) is 6.38. The number of nitrogens with one attached hydrogen (secondary N) is 1. The van der Waals surface area contributed by atoms with Crippen LogP contribution in [0, 0.1) is 0 Å². The Kier molecular flexibility index (Phi) is 4.65. The minimum absolute atomic E-state index is 0.00330. The molecule has 0 fully saturated rings. The fourth-order valence-electron chi connectivity index (χ4n) is 3.25. The van der Waals surface area contributed by atoms with Crippen molar-refractivity contribution in [3.8, 4) is 0 Å². The lowest BCUT2D eigenvalue weighted by molar-refractivity contribution is -0.143. The molecule has 0 saturated carbocycles. The molecular weight excluding hydrogens is 300 g/mol. The first-order valence-corrected chi connectivity index (χ1v) is 8.28. The Morgan fingerprint density at radius 2 is 1.79 bits per heavy atom. The second-order valence-corrected chi connectivity index (χ2v) is 6.38. The summed E-state index contributed by atoms with van der Waals surface area (Å²) in [6.07, 6.45) is 0.358. The van der Waals surface area contributed by atoms with Crippen molar-refractivity contribution in [3.63, 3.8) is 0 Å². The zero-order chi connectivity index (χ0) is 17.1. The molecule has 0 bridgehead atoms. The summed E-state index contributed by atoms with van der Waals surface area (Å²) in [4.78, 5) is 27.1. The van der Waals surface area contributed by atoms with Crippen LogP contribution in [0.1, 0.15) is 36.6 Å². The van der Waals surface area contributed by atoms with E-state index in [-0.39, 0.29) is 17.9 Å². The summed E-state index contributed by atoms with van der Waals surface area (Å²) in [5.74, 6) is -0.128. The van der Waals surface area contributed by atoms with Crippen molar-refractivity contribution in [1.29, 1.82) is 0 Å². The number of fused-ring (bicyclic) bond motifs is 1. The molecule has 0 aliphatic carbocycles. The highest BCUT2D eigenvalue weighted by Crippen LogP contribution is 2.32. The molecule has 1 aliphatic heterocycles. The van der Waals surface area contributed by atoms with E-state index in [1.54, 1.807) is 4.90 Å². The summed E-state index contributed by atoms with van der Waals surface area (Å²) in [6.45, 7) is 4.35. The van der Waals surface area contributed by atoms with Gasteiger partial charge in [0.1, 0.15) is 6.04 Å². The minimum Gasteiger partial charge on any atom is -0.350 e. The number of benzene rings is 2. The lowest BCUT2D eigenvalue weighted by Crippen LogP contribution is -2.50. The molecule has 1 N–H and O–H groups in total. The van der Waals surface area contributed by atoms with Crippen LogP contribution in [0.2, 0.25) is 0 Å². The Morgan fingerprint density at radius 3 is 2.50 bits per heavy atom. The standard InChI is InChI=1S/C20H22N2O2/c1-14(2)22-18(23)12-16-10-6-7-11-17(16)19(22)20(24)21-13-15-8-4-3-5-9-15/h3-11,14,19H,12-13H2,1-2H3,(H,21,24)/t19-/m1/s1. The number of hydrogen-bond acceptors (Lipinski definition) is 2. The Labute approximate surface area is 142 Å². The molecule has 2 aromatic carbocycles. The van der Waals surface area contributed by atoms with Gasteiger partial charge in [0.2, 0.25) is 11.8 Å². The van der Waals surface area contributed by atoms with E-state index in [4.69, 9.17) is 0 Å². The van der Waals surface area contributed by atoms with Crippen LogP contribution in [0.4, 0.5) is 0 Å². The van der Waals surface area contributed by atoms with Crippen molar-refractivity contribution < 1.29 is 9.59 Å². The predicted octanol–water partition coefficient (Wildman–Crippen LogP) is 2.84. The van der Waals surface area contributed by atoms with Gasteiger partial charge in [-0.25, -0.2) is 0 Å². The molecule has 3 rings (SSSR count). The van der Waals surface area contributed by atoms with E-state index in [1.165, 1.54) is 0 Å². The summed E-state index contributed by atoms with van der Waals surface area (Å²) in [5, 5.41) is 2.98. The van der Waals surface area contributed by atoms with Crippen LogP contribution in [-0.2, 0) is 22.6 Å². The molecule has 2 aromatic rings. The molecule has 4 heteroatoms. The van der Waals surface area contributed by atoms with Crippen molar-refractivity contribution in [2.24, 2.45) is 0 Å². The Bertz CT molecular complexity index is 740. The molecule has 0 saturated heterocycles. The van der Waals surface area contributed by atoms with Crippen molar-refractivity contribution >= 4 is 11.8 Å². The average Bonchev–Trinajstić information content (AvgIpc) is 2.59. The molecule has 1 aliphatic rings. The highest BCUT2D eigenvalue weighted by Gasteiger charge is 2.38. The van der Waals surface area contributed by atoms with Crippen LogP contribution >= 0.6 is 0 Å². The normalized spacial score (nSPS) is 16.9. The number of amides is 2. The van der Waals surface area contributed by atoms with Crippen LogP contribution in [0.5, 0.6) is 0 Å². The maximum atomic E-state index is 12.9. The van der Waals surface area contributed by atoms with Gasteiger partial charge in [0.05, 0.1) is 6.42 Å². The lowest BCUT2D eigenvalue weighted by atomic mass is 9.90. The van der Waals surface area contributed by atoms with Crippen LogP contribution in [-0.4, -0.2) is 22.8 Å². The molecule has 1 atom stereocenters. The van der Waals surface area contributed by atoms with E-state index in [9.17, 15) is 9.59 Å². The molecule has 0 aromatic heterocycles. The predicted molar refractivity (Wildman–Crippen MR) is 93.2 cm³/mol. The maximum absolute atomic E-state index is 12.9. The summed E-state index contributed by atoms with van der Waals surface area (Å²) in [5.41, 5.74) is 2.91. The molecule has 124 valence electrons. The average molecular weight is 322 g/mol. The number of nitrogens with zero attached hydrogens (tertiary/aromatic N) is 1. The first kappa shape index (κ1) is 16.2. The van der Waals surface area contributed by atoms with Crippen molar-refractivity contribution in [1.82, 2.24) is 10.2 Å². The van der Waals surface area contributed by atoms with Gasteiger partial charge in [-0.15, -0.1) is 0 Å². The minimum atomic E-state index is -0.564. The topological polar surface area (TPSA) is 49.4 Å². The molecule has 0 spiro atoms. The quantitative estimate of drug-likeness (QED) is 0.941. The van der Waals surface area contributed by atoms with Gasteiger partial charge in [-0.3, -0.25) is 9.59 Å². The van der Waals surface area contributed by atoms with Crippen molar-refractivity contribution in [2.75, 3.05) is 0 Å². The van der Waals surface area contributed by atoms with E-state index in [1.807, 2.05) is 68.4 Å². The van der Waals surface area contributed by atoms with Gasteiger partial charge >= 0.3 is 0 Å². The Hall–Kier alpha value is -2.62. The van der Waals surface area contributed by atoms with E-state index in [2.05, 4.69) is 5.32 Å². The lowest BCUT2D eigenvalue weighted by Gasteiger charge is -2.39. The molecule has 2 amide bonds. The van der Waals surface area contributed by atoms with Crippen molar-refractivity contribution in [3.05, 3.63) is 71.3 Å². The fraction of sp³-hybridized carbons (Fsp3) is 0.300. The van der Waals surface area contributed by atoms with Crippen molar-refractivity contribution in [2.45, 2.75) is 38.9 Å². The van der Waals surface area contributed by atoms with Gasteiger partial charge in [0.15, 0.2) is 0 Å². The molecular formula is C20H22N2O2. The zero-order valence-corrected chi connectivity index (χ0v) is 14.0. The van der Waals surface area contributed by atoms with Crippen LogP contribution in [0.3, 0.4) is 0 Å². The SMILES string of the molecule is CC(C)N1C(=O)Cc2ccccc2[C@@H]1C(=O)NCc1ccccc1. The van der Waals surface area contributed by atoms with Crippen LogP contribution < -0.4 is 5.32 Å². The van der Waals surface area contributed by atoms with E-state index >= 15 is 0 Å². The van der Waals surface area contributed by atoms with Gasteiger partial charge in [0.25, 0.3) is 0 Å². The maximum Gasteiger partial charge on any atom is 0.247 e. The summed E-state index contributed by atoms with van der Waals surface area (Å²) < 4.78 is 0. The fourth-order valence-corrected chi connectivity index (χ4v) is 3.25. The number of hydrogen-bond donors (Lipinski definition) is 1. The molecule has 0 radical (unpaired) electrons. The molecule has 0 unspecified atom stereocenters. The summed E-state index contributed by atoms with van der Waals surface area (Å²) in [7, 11) is 0. The molecule has 24 heavy (non-hydrogen) atoms. The van der Waals surface area contributed by atoms with Gasteiger partial charge in [-0.05, 0) is 30.5 Å². The third kappa shape index (κ3) is 3.18. The van der Waals surface area contributed by atoms with Gasteiger partial charge < -0.3 is 10.2 Å². The van der Waals surface area contributed by atoms with E-state index < -0.39 is 6.04 Å². The monoisotopic (exact) mass is 322 g/mol. The van der Waals surface area contributed by atoms with Crippen LogP contribution in [0.15, 0.2) is 54.6 Å². The largest absolute Gasteiger partial charge is 0.350 e. The summed E-state index contributed by atoms with van der Waals surface area (Å²) in [6, 6.07) is 16.9. The van der Waals surface area contributed by atoms with E-state index in [0.29, 0.717) is 13.0 Å². The molecule has 1 heterocycles. The zero-order valence-electron chi connectivity index (χ0n) is 14.0. The Balaban J connectivity index is 1.87. The van der Waals surface area contributed by atoms with E-state index in [0.717, 1.165) is 16.7 Å². The smallest absolute Gasteiger partial charge is 0.247 e. The van der Waals surface area contributed by atoms with Gasteiger partial charge in [0, 0.05) is 12.6 Å². The highest BCUT2D eigenvalue weighted by molar-refractivity contribution is 5.92. The number of rotatable bonds is 4. The first-order valence-electron chi connectivity index (χ1n) is 8.28. The van der Waals surface area contributed by atoms with Crippen LogP contribution in [0.25, 0.3) is 0 Å².